The van der Waals surface area contributed by atoms with Crippen molar-refractivity contribution >= 4 is 0 Å². The Hall–Kier alpha value is -1.32. The van der Waals surface area contributed by atoms with E-state index in [2.05, 4.69) is 16.8 Å². The van der Waals surface area contributed by atoms with Crippen LogP contribution in [0.15, 0.2) is 36.9 Å². The van der Waals surface area contributed by atoms with Crippen molar-refractivity contribution < 1.29 is 5.11 Å². The number of para-hydroxylation sites is 1. The second-order valence-corrected chi connectivity index (χ2v) is 4.38. The van der Waals surface area contributed by atoms with Crippen molar-refractivity contribution in [2.75, 3.05) is 26.2 Å². The molecule has 1 saturated heterocycles. The van der Waals surface area contributed by atoms with Gasteiger partial charge < -0.3 is 10.4 Å². The predicted molar refractivity (Wildman–Crippen MR) is 70.1 cm³/mol. The summed E-state index contributed by atoms with van der Waals surface area (Å²) >= 11 is 0. The summed E-state index contributed by atoms with van der Waals surface area (Å²) in [5.74, 6) is 0.387. The van der Waals surface area contributed by atoms with Crippen molar-refractivity contribution in [3.63, 3.8) is 0 Å². The summed E-state index contributed by atoms with van der Waals surface area (Å²) in [6.45, 7) is 7.90. The number of phenols is 1. The molecule has 1 aromatic rings. The molecule has 0 aromatic heterocycles. The molecule has 1 aliphatic heterocycles. The van der Waals surface area contributed by atoms with Gasteiger partial charge in [0.25, 0.3) is 0 Å². The Morgan fingerprint density at radius 2 is 2.06 bits per heavy atom. The minimum absolute atomic E-state index is 0.246. The number of benzene rings is 1. The fraction of sp³-hybridized carbons (Fsp3) is 0.429. The molecule has 2 rings (SSSR count). The standard InChI is InChI=1S/C14H20N2O/c1-2-5-13(16-10-8-15-9-11-16)12-6-3-4-7-14(12)17/h2-4,6-7,13,15,17H,1,5,8-11H2/t13-/m1/s1. The second kappa shape index (κ2) is 5.84. The van der Waals surface area contributed by atoms with Gasteiger partial charge in [0.05, 0.1) is 0 Å². The van der Waals surface area contributed by atoms with Gasteiger partial charge in [0.15, 0.2) is 0 Å². The van der Waals surface area contributed by atoms with E-state index in [1.165, 1.54) is 0 Å². The maximum atomic E-state index is 9.96. The molecule has 0 unspecified atom stereocenters. The van der Waals surface area contributed by atoms with E-state index >= 15 is 0 Å². The molecule has 0 spiro atoms. The molecule has 1 aromatic carbocycles. The first-order valence-electron chi connectivity index (χ1n) is 6.16. The molecule has 2 N–H and O–H groups in total. The van der Waals surface area contributed by atoms with Crippen LogP contribution in [0.1, 0.15) is 18.0 Å². The molecule has 17 heavy (non-hydrogen) atoms. The Labute approximate surface area is 103 Å². The Bertz CT molecular complexity index is 372. The monoisotopic (exact) mass is 232 g/mol. The van der Waals surface area contributed by atoms with Gasteiger partial charge in [0.1, 0.15) is 5.75 Å². The van der Waals surface area contributed by atoms with Crippen LogP contribution in [0.4, 0.5) is 0 Å². The molecule has 92 valence electrons. The highest BCUT2D eigenvalue weighted by atomic mass is 16.3. The average molecular weight is 232 g/mol. The molecule has 1 aliphatic rings. The number of aromatic hydroxyl groups is 1. The van der Waals surface area contributed by atoms with Crippen molar-refractivity contribution in [1.29, 1.82) is 0 Å². The third-order valence-electron chi connectivity index (χ3n) is 3.28. The van der Waals surface area contributed by atoms with Gasteiger partial charge in [-0.1, -0.05) is 24.3 Å². The average Bonchev–Trinajstić information content (AvgIpc) is 2.38. The second-order valence-electron chi connectivity index (χ2n) is 4.38. The van der Waals surface area contributed by atoms with E-state index in [1.54, 1.807) is 6.07 Å². The Balaban J connectivity index is 2.21. The molecule has 3 heteroatoms. The van der Waals surface area contributed by atoms with Crippen LogP contribution in [-0.2, 0) is 0 Å². The summed E-state index contributed by atoms with van der Waals surface area (Å²) in [5, 5.41) is 13.3. The van der Waals surface area contributed by atoms with Gasteiger partial charge in [-0.05, 0) is 12.5 Å². The maximum absolute atomic E-state index is 9.96. The number of hydrogen-bond acceptors (Lipinski definition) is 3. The van der Waals surface area contributed by atoms with E-state index in [0.29, 0.717) is 5.75 Å². The largest absolute Gasteiger partial charge is 0.508 e. The van der Waals surface area contributed by atoms with Crippen LogP contribution < -0.4 is 5.32 Å². The fourth-order valence-corrected chi connectivity index (χ4v) is 2.39. The highest BCUT2D eigenvalue weighted by molar-refractivity contribution is 5.35. The zero-order chi connectivity index (χ0) is 12.1. The highest BCUT2D eigenvalue weighted by Crippen LogP contribution is 2.31. The smallest absolute Gasteiger partial charge is 0.120 e. The van der Waals surface area contributed by atoms with Crippen molar-refractivity contribution in [3.8, 4) is 5.75 Å². The lowest BCUT2D eigenvalue weighted by Gasteiger charge is -2.35. The van der Waals surface area contributed by atoms with E-state index in [9.17, 15) is 5.11 Å². The normalized spacial score (nSPS) is 18.8. The summed E-state index contributed by atoms with van der Waals surface area (Å²) in [7, 11) is 0. The number of hydrogen-bond donors (Lipinski definition) is 2. The molecule has 0 saturated carbocycles. The summed E-state index contributed by atoms with van der Waals surface area (Å²) in [4.78, 5) is 2.41. The molecule has 0 amide bonds. The zero-order valence-electron chi connectivity index (χ0n) is 10.1. The van der Waals surface area contributed by atoms with Gasteiger partial charge in [0.2, 0.25) is 0 Å². The number of nitrogens with one attached hydrogen (secondary N) is 1. The van der Waals surface area contributed by atoms with E-state index in [0.717, 1.165) is 38.2 Å². The molecule has 0 radical (unpaired) electrons. The summed E-state index contributed by atoms with van der Waals surface area (Å²) < 4.78 is 0. The van der Waals surface area contributed by atoms with Crippen LogP contribution in [0, 0.1) is 0 Å². The van der Waals surface area contributed by atoms with Crippen LogP contribution >= 0.6 is 0 Å². The first-order valence-corrected chi connectivity index (χ1v) is 6.16. The molecule has 3 nitrogen and oxygen atoms in total. The molecule has 1 heterocycles. The van der Waals surface area contributed by atoms with Crippen molar-refractivity contribution in [3.05, 3.63) is 42.5 Å². The Morgan fingerprint density at radius 3 is 2.71 bits per heavy atom. The van der Waals surface area contributed by atoms with Gasteiger partial charge in [-0.15, -0.1) is 6.58 Å². The van der Waals surface area contributed by atoms with E-state index in [1.807, 2.05) is 24.3 Å². The van der Waals surface area contributed by atoms with E-state index in [-0.39, 0.29) is 6.04 Å². The quantitative estimate of drug-likeness (QED) is 0.778. The van der Waals surface area contributed by atoms with Gasteiger partial charge >= 0.3 is 0 Å². The SMILES string of the molecule is C=CC[C@H](c1ccccc1O)N1CCNCC1. The van der Waals surface area contributed by atoms with Crippen LogP contribution in [0.5, 0.6) is 5.75 Å². The Morgan fingerprint density at radius 1 is 1.35 bits per heavy atom. The van der Waals surface area contributed by atoms with Crippen molar-refractivity contribution in [2.45, 2.75) is 12.5 Å². The minimum Gasteiger partial charge on any atom is -0.508 e. The molecule has 1 fully saturated rings. The number of piperazine rings is 1. The fourth-order valence-electron chi connectivity index (χ4n) is 2.39. The van der Waals surface area contributed by atoms with Crippen LogP contribution in [-0.4, -0.2) is 36.2 Å². The summed E-state index contributed by atoms with van der Waals surface area (Å²) in [6.07, 6.45) is 2.80. The Kier molecular flexibility index (Phi) is 4.18. The summed E-state index contributed by atoms with van der Waals surface area (Å²) in [6, 6.07) is 7.85. The first kappa shape index (κ1) is 12.1. The van der Waals surface area contributed by atoms with Gasteiger partial charge in [0, 0.05) is 37.8 Å². The van der Waals surface area contributed by atoms with E-state index < -0.39 is 0 Å². The summed E-state index contributed by atoms with van der Waals surface area (Å²) in [5.41, 5.74) is 1.01. The minimum atomic E-state index is 0.246. The van der Waals surface area contributed by atoms with Gasteiger partial charge in [-0.3, -0.25) is 4.90 Å². The maximum Gasteiger partial charge on any atom is 0.120 e. The number of phenolic OH excluding ortho intramolecular Hbond substituents is 1. The molecule has 1 atom stereocenters. The third-order valence-corrected chi connectivity index (χ3v) is 3.28. The van der Waals surface area contributed by atoms with Crippen molar-refractivity contribution in [2.24, 2.45) is 0 Å². The van der Waals surface area contributed by atoms with Gasteiger partial charge in [-0.25, -0.2) is 0 Å². The third kappa shape index (κ3) is 2.87. The van der Waals surface area contributed by atoms with Crippen molar-refractivity contribution in [1.82, 2.24) is 10.2 Å². The van der Waals surface area contributed by atoms with Gasteiger partial charge in [-0.2, -0.15) is 0 Å². The lowest BCUT2D eigenvalue weighted by Crippen LogP contribution is -2.45. The number of nitrogens with zero attached hydrogens (tertiary/aromatic N) is 1. The highest BCUT2D eigenvalue weighted by Gasteiger charge is 2.22. The number of rotatable bonds is 4. The van der Waals surface area contributed by atoms with Crippen LogP contribution in [0.3, 0.4) is 0 Å². The van der Waals surface area contributed by atoms with Crippen LogP contribution in [0.2, 0.25) is 0 Å². The lowest BCUT2D eigenvalue weighted by atomic mass is 10.00. The predicted octanol–water partition coefficient (Wildman–Crippen LogP) is 1.91. The molecular formula is C14H20N2O. The topological polar surface area (TPSA) is 35.5 Å². The molecule has 0 bridgehead atoms. The van der Waals surface area contributed by atoms with Crippen LogP contribution in [0.25, 0.3) is 0 Å². The molecule has 0 aliphatic carbocycles. The lowest BCUT2D eigenvalue weighted by molar-refractivity contribution is 0.172. The zero-order valence-corrected chi connectivity index (χ0v) is 10.1. The molecular weight excluding hydrogens is 212 g/mol. The first-order chi connectivity index (χ1) is 8.33. The van der Waals surface area contributed by atoms with E-state index in [4.69, 9.17) is 0 Å².